The van der Waals surface area contributed by atoms with Crippen LogP contribution in [0.4, 0.5) is 0 Å². The van der Waals surface area contributed by atoms with Crippen molar-refractivity contribution in [2.45, 2.75) is 30.2 Å². The van der Waals surface area contributed by atoms with Gasteiger partial charge in [0.05, 0.1) is 29.9 Å². The van der Waals surface area contributed by atoms with E-state index in [9.17, 15) is 13.2 Å². The molecule has 2 atom stereocenters. The molecule has 1 aliphatic carbocycles. The lowest BCUT2D eigenvalue weighted by molar-refractivity contribution is 0.0680. The number of allylic oxidation sites excluding steroid dienone is 1. The van der Waals surface area contributed by atoms with Gasteiger partial charge < -0.3 is 23.7 Å². The van der Waals surface area contributed by atoms with Crippen molar-refractivity contribution in [1.29, 1.82) is 0 Å². The third-order valence-corrected chi connectivity index (χ3v) is 10.8. The van der Waals surface area contributed by atoms with Crippen LogP contribution >= 0.6 is 0 Å². The van der Waals surface area contributed by atoms with Crippen LogP contribution in [0.25, 0.3) is 6.08 Å². The average molecular weight is 630 g/mol. The van der Waals surface area contributed by atoms with Gasteiger partial charge in [-0.25, -0.2) is 13.4 Å². The lowest BCUT2D eigenvalue weighted by Gasteiger charge is -2.30. The Morgan fingerprint density at radius 2 is 1.53 bits per heavy atom. The van der Waals surface area contributed by atoms with Crippen LogP contribution in [-0.4, -0.2) is 69.2 Å². The highest BCUT2D eigenvalue weighted by atomic mass is 32.2. The molecule has 1 amide bonds. The highest BCUT2D eigenvalue weighted by molar-refractivity contribution is 7.89. The summed E-state index contributed by atoms with van der Waals surface area (Å²) in [6.07, 6.45) is 4.74. The second kappa shape index (κ2) is 11.2. The van der Waals surface area contributed by atoms with Crippen LogP contribution in [-0.2, 0) is 14.8 Å². The summed E-state index contributed by atoms with van der Waals surface area (Å²) in [6, 6.07) is 17.4. The maximum atomic E-state index is 14.2. The minimum atomic E-state index is -3.69. The number of carbonyl (C=O) groups excluding carboxylic acids is 1. The number of amides is 1. The van der Waals surface area contributed by atoms with E-state index in [0.717, 1.165) is 47.4 Å². The SMILES string of the molecule is O=C(c1ccc(S(=O)(=O)N2CCOCC2)cc1)N1N=C2/C(=C\c3ccc4c(c3)OCO4)CCCC2C1c1ccc2c(c1)OCO2. The van der Waals surface area contributed by atoms with Crippen molar-refractivity contribution in [3.63, 3.8) is 0 Å². The molecular weight excluding hydrogens is 598 g/mol. The van der Waals surface area contributed by atoms with Gasteiger partial charge in [0.1, 0.15) is 0 Å². The van der Waals surface area contributed by atoms with E-state index in [2.05, 4.69) is 6.08 Å². The fraction of sp³-hybridized carbons (Fsp3) is 0.333. The maximum Gasteiger partial charge on any atom is 0.274 e. The van der Waals surface area contributed by atoms with Crippen LogP contribution < -0.4 is 18.9 Å². The molecule has 45 heavy (non-hydrogen) atoms. The van der Waals surface area contributed by atoms with Gasteiger partial charge in [-0.2, -0.15) is 9.41 Å². The summed E-state index contributed by atoms with van der Waals surface area (Å²) in [5.41, 5.74) is 4.16. The minimum absolute atomic E-state index is 0.0377. The molecular formula is C33H31N3O8S. The molecule has 5 aliphatic rings. The summed E-state index contributed by atoms with van der Waals surface area (Å²) in [4.78, 5) is 14.3. The van der Waals surface area contributed by atoms with Gasteiger partial charge in [0.25, 0.3) is 5.91 Å². The molecule has 3 aromatic carbocycles. The van der Waals surface area contributed by atoms with E-state index in [-0.39, 0.29) is 36.3 Å². The Morgan fingerprint density at radius 3 is 2.29 bits per heavy atom. The maximum absolute atomic E-state index is 14.2. The smallest absolute Gasteiger partial charge is 0.274 e. The van der Waals surface area contributed by atoms with E-state index in [0.29, 0.717) is 49.1 Å². The monoisotopic (exact) mass is 629 g/mol. The number of nitrogens with zero attached hydrogens (tertiary/aromatic N) is 3. The minimum Gasteiger partial charge on any atom is -0.454 e. The van der Waals surface area contributed by atoms with Crippen LogP contribution in [0.3, 0.4) is 0 Å². The first-order valence-electron chi connectivity index (χ1n) is 15.1. The summed E-state index contributed by atoms with van der Waals surface area (Å²) in [5, 5.41) is 6.55. The molecule has 1 saturated heterocycles. The molecule has 0 radical (unpaired) electrons. The number of morpholine rings is 1. The van der Waals surface area contributed by atoms with Crippen LogP contribution in [0.1, 0.15) is 46.8 Å². The molecule has 2 unspecified atom stereocenters. The Kier molecular flexibility index (Phi) is 7.00. The molecule has 0 bridgehead atoms. The van der Waals surface area contributed by atoms with E-state index >= 15 is 0 Å². The largest absolute Gasteiger partial charge is 0.454 e. The van der Waals surface area contributed by atoms with Crippen molar-refractivity contribution >= 4 is 27.7 Å². The van der Waals surface area contributed by atoms with Gasteiger partial charge in [0.2, 0.25) is 23.6 Å². The second-order valence-electron chi connectivity index (χ2n) is 11.5. The third-order valence-electron chi connectivity index (χ3n) is 8.89. The fourth-order valence-electron chi connectivity index (χ4n) is 6.64. The summed E-state index contributed by atoms with van der Waals surface area (Å²) in [5.74, 6) is 2.39. The lowest BCUT2D eigenvalue weighted by atomic mass is 9.77. The van der Waals surface area contributed by atoms with E-state index in [4.69, 9.17) is 28.8 Å². The Hall–Kier alpha value is -4.39. The zero-order valence-corrected chi connectivity index (χ0v) is 25.2. The zero-order chi connectivity index (χ0) is 30.5. The summed E-state index contributed by atoms with van der Waals surface area (Å²) in [7, 11) is -3.69. The number of hydrogen-bond acceptors (Lipinski definition) is 9. The molecule has 0 aromatic heterocycles. The number of fused-ring (bicyclic) bond motifs is 3. The van der Waals surface area contributed by atoms with Crippen molar-refractivity contribution in [2.24, 2.45) is 11.0 Å². The number of rotatable bonds is 5. The topological polar surface area (TPSA) is 116 Å². The second-order valence-corrected chi connectivity index (χ2v) is 13.5. The van der Waals surface area contributed by atoms with Crippen molar-refractivity contribution in [1.82, 2.24) is 9.31 Å². The number of benzene rings is 3. The van der Waals surface area contributed by atoms with Gasteiger partial charge in [-0.1, -0.05) is 12.1 Å². The highest BCUT2D eigenvalue weighted by Crippen LogP contribution is 2.47. The first-order chi connectivity index (χ1) is 22.0. The standard InChI is InChI=1S/C33H31N3O8S/c37-33(22-5-8-25(9-6-22)45(38,39)35-12-14-40-15-13-35)36-32(24-7-11-28-30(18-24)44-20-42-28)26-3-1-2-23(31(26)34-36)16-21-4-10-27-29(17-21)43-19-41-27/h4-11,16-18,26,32H,1-3,12-15,19-20H2/b23-16-. The summed E-state index contributed by atoms with van der Waals surface area (Å²) in [6.45, 7) is 1.68. The molecule has 0 spiro atoms. The van der Waals surface area contributed by atoms with E-state index in [1.54, 1.807) is 17.1 Å². The molecule has 2 fully saturated rings. The molecule has 232 valence electrons. The predicted molar refractivity (Wildman–Crippen MR) is 163 cm³/mol. The average Bonchev–Trinajstić information content (AvgIpc) is 3.83. The lowest BCUT2D eigenvalue weighted by Crippen LogP contribution is -2.40. The Balaban J connectivity index is 1.14. The predicted octanol–water partition coefficient (Wildman–Crippen LogP) is 4.60. The molecule has 4 heterocycles. The van der Waals surface area contributed by atoms with E-state index in [1.165, 1.54) is 16.4 Å². The number of carbonyl (C=O) groups is 1. The van der Waals surface area contributed by atoms with Crippen LogP contribution in [0.2, 0.25) is 0 Å². The number of ether oxygens (including phenoxy) is 5. The third kappa shape index (κ3) is 5.02. The molecule has 12 heteroatoms. The van der Waals surface area contributed by atoms with E-state index < -0.39 is 10.0 Å². The van der Waals surface area contributed by atoms with Gasteiger partial charge >= 0.3 is 0 Å². The van der Waals surface area contributed by atoms with Crippen molar-refractivity contribution in [2.75, 3.05) is 39.9 Å². The Bertz CT molecular complexity index is 1830. The molecule has 4 aliphatic heterocycles. The normalized spacial score (nSPS) is 23.2. The summed E-state index contributed by atoms with van der Waals surface area (Å²) < 4.78 is 55.4. The Morgan fingerprint density at radius 1 is 0.844 bits per heavy atom. The number of hydrazone groups is 1. The van der Waals surface area contributed by atoms with E-state index in [1.807, 2.05) is 36.4 Å². The summed E-state index contributed by atoms with van der Waals surface area (Å²) >= 11 is 0. The molecule has 0 N–H and O–H groups in total. The number of hydrogen-bond donors (Lipinski definition) is 0. The first-order valence-corrected chi connectivity index (χ1v) is 16.5. The van der Waals surface area contributed by atoms with Crippen molar-refractivity contribution < 1.29 is 36.9 Å². The van der Waals surface area contributed by atoms with Crippen molar-refractivity contribution in [3.05, 3.63) is 82.9 Å². The Labute approximate surface area is 260 Å². The van der Waals surface area contributed by atoms with Gasteiger partial charge in [-0.05, 0) is 90.6 Å². The molecule has 8 rings (SSSR count). The van der Waals surface area contributed by atoms with Crippen LogP contribution in [0.15, 0.2) is 76.2 Å². The quantitative estimate of drug-likeness (QED) is 0.402. The van der Waals surface area contributed by atoms with Crippen LogP contribution in [0.5, 0.6) is 23.0 Å². The van der Waals surface area contributed by atoms with Gasteiger partial charge in [0.15, 0.2) is 23.0 Å². The zero-order valence-electron chi connectivity index (χ0n) is 24.4. The van der Waals surface area contributed by atoms with Gasteiger partial charge in [-0.15, -0.1) is 0 Å². The van der Waals surface area contributed by atoms with Crippen molar-refractivity contribution in [3.8, 4) is 23.0 Å². The molecule has 1 saturated carbocycles. The number of sulfonamides is 1. The molecule has 3 aromatic rings. The van der Waals surface area contributed by atoms with Gasteiger partial charge in [-0.3, -0.25) is 4.79 Å². The van der Waals surface area contributed by atoms with Crippen LogP contribution in [0, 0.1) is 5.92 Å². The highest BCUT2D eigenvalue weighted by Gasteiger charge is 2.44. The van der Waals surface area contributed by atoms with Gasteiger partial charge in [0, 0.05) is 24.6 Å². The first kappa shape index (κ1) is 28.1. The molecule has 11 nitrogen and oxygen atoms in total. The fourth-order valence-corrected chi connectivity index (χ4v) is 8.05.